The molecule has 0 saturated carbocycles. The van der Waals surface area contributed by atoms with E-state index in [0.717, 1.165) is 0 Å². The van der Waals surface area contributed by atoms with Crippen LogP contribution in [0.3, 0.4) is 0 Å². The van der Waals surface area contributed by atoms with Crippen LogP contribution in [0.1, 0.15) is 17.3 Å². The summed E-state index contributed by atoms with van der Waals surface area (Å²) < 4.78 is 40.6. The van der Waals surface area contributed by atoms with E-state index in [1.807, 2.05) is 22.6 Å². The van der Waals surface area contributed by atoms with Crippen LogP contribution in [0.25, 0.3) is 0 Å². The third-order valence-electron chi connectivity index (χ3n) is 1.83. The van der Waals surface area contributed by atoms with Crippen molar-refractivity contribution < 1.29 is 22.7 Å². The van der Waals surface area contributed by atoms with E-state index in [-0.39, 0.29) is 11.5 Å². The molecule has 1 rings (SSSR count). The number of hydrogen-bond acceptors (Lipinski definition) is 2. The number of halogens is 5. The Morgan fingerprint density at radius 1 is 1.47 bits per heavy atom. The quantitative estimate of drug-likeness (QED) is 0.538. The minimum Gasteiger partial charge on any atom is -0.406 e. The molecule has 0 aromatic heterocycles. The van der Waals surface area contributed by atoms with Crippen molar-refractivity contribution in [1.82, 2.24) is 0 Å². The number of benzene rings is 1. The third kappa shape index (κ3) is 4.46. The van der Waals surface area contributed by atoms with Crippen LogP contribution >= 0.6 is 38.5 Å². The number of ether oxygens (including phenoxy) is 1. The zero-order valence-corrected chi connectivity index (χ0v) is 12.3. The maximum Gasteiger partial charge on any atom is 0.573 e. The van der Waals surface area contributed by atoms with E-state index in [2.05, 4.69) is 20.7 Å². The van der Waals surface area contributed by atoms with E-state index in [1.54, 1.807) is 0 Å². The van der Waals surface area contributed by atoms with Gasteiger partial charge in [-0.15, -0.1) is 13.2 Å². The highest BCUT2D eigenvalue weighted by molar-refractivity contribution is 14.1. The second-order valence-corrected chi connectivity index (χ2v) is 5.28. The molecule has 0 aliphatic rings. The van der Waals surface area contributed by atoms with E-state index >= 15 is 0 Å². The first-order chi connectivity index (χ1) is 7.70. The topological polar surface area (TPSA) is 26.3 Å². The summed E-state index contributed by atoms with van der Waals surface area (Å²) in [4.78, 5) is 10.5. The van der Waals surface area contributed by atoms with Crippen LogP contribution in [0.15, 0.2) is 18.2 Å². The molecule has 0 amide bonds. The molecule has 1 atom stereocenters. The fourth-order valence-corrected chi connectivity index (χ4v) is 2.59. The maximum absolute atomic E-state index is 12.0. The summed E-state index contributed by atoms with van der Waals surface area (Å²) in [6, 6.07) is 3.88. The summed E-state index contributed by atoms with van der Waals surface area (Å²) in [5, 5.41) is 0. The predicted octanol–water partition coefficient (Wildman–Crippen LogP) is 4.21. The van der Waals surface area contributed by atoms with E-state index in [9.17, 15) is 18.0 Å². The van der Waals surface area contributed by atoms with E-state index in [4.69, 9.17) is 0 Å². The van der Waals surface area contributed by atoms with E-state index in [0.29, 0.717) is 9.13 Å². The normalized spacial score (nSPS) is 13.3. The maximum atomic E-state index is 12.0. The van der Waals surface area contributed by atoms with Gasteiger partial charge in [0.05, 0.1) is 4.83 Å². The Balaban J connectivity index is 3.06. The Labute approximate surface area is 118 Å². The highest BCUT2D eigenvalue weighted by Crippen LogP contribution is 2.32. The summed E-state index contributed by atoms with van der Waals surface area (Å²) >= 11 is 5.07. The molecular weight excluding hydrogens is 416 g/mol. The van der Waals surface area contributed by atoms with Crippen molar-refractivity contribution >= 4 is 44.3 Å². The molecule has 0 aliphatic carbocycles. The van der Waals surface area contributed by atoms with Crippen molar-refractivity contribution in [2.45, 2.75) is 18.1 Å². The first-order valence-corrected chi connectivity index (χ1v) is 6.40. The molecule has 0 bridgehead atoms. The zero-order valence-electron chi connectivity index (χ0n) is 8.52. The fraction of sp³-hybridized carbons (Fsp3) is 0.300. The monoisotopic (exact) mass is 422 g/mol. The van der Waals surface area contributed by atoms with Gasteiger partial charge in [0.1, 0.15) is 11.5 Å². The van der Waals surface area contributed by atoms with Gasteiger partial charge in [-0.05, 0) is 53.3 Å². The number of ketones is 1. The van der Waals surface area contributed by atoms with Gasteiger partial charge >= 0.3 is 6.36 Å². The minimum absolute atomic E-state index is 0.188. The summed E-state index contributed by atoms with van der Waals surface area (Å²) in [6.07, 6.45) is -4.73. The summed E-state index contributed by atoms with van der Waals surface area (Å²) in [5.41, 5.74) is 0.458. The van der Waals surface area contributed by atoms with Gasteiger partial charge in [0, 0.05) is 3.57 Å². The molecule has 0 radical (unpaired) electrons. The van der Waals surface area contributed by atoms with Crippen LogP contribution in [0.2, 0.25) is 0 Å². The molecule has 1 unspecified atom stereocenters. The molecule has 0 saturated heterocycles. The lowest BCUT2D eigenvalue weighted by Crippen LogP contribution is -2.17. The van der Waals surface area contributed by atoms with Crippen LogP contribution in [-0.4, -0.2) is 12.1 Å². The van der Waals surface area contributed by atoms with Gasteiger partial charge in [-0.25, -0.2) is 0 Å². The first-order valence-electron chi connectivity index (χ1n) is 4.40. The van der Waals surface area contributed by atoms with Crippen molar-refractivity contribution in [2.24, 2.45) is 0 Å². The smallest absolute Gasteiger partial charge is 0.406 e. The largest absolute Gasteiger partial charge is 0.573 e. The van der Waals surface area contributed by atoms with Crippen LogP contribution in [0.5, 0.6) is 5.75 Å². The lowest BCUT2D eigenvalue weighted by molar-refractivity contribution is -0.274. The molecule has 0 heterocycles. The summed E-state index contributed by atoms with van der Waals surface area (Å²) in [7, 11) is 0. The van der Waals surface area contributed by atoms with Crippen molar-refractivity contribution in [2.75, 3.05) is 0 Å². The van der Waals surface area contributed by atoms with Gasteiger partial charge in [-0.2, -0.15) is 0 Å². The number of hydrogen-bond donors (Lipinski definition) is 0. The predicted molar refractivity (Wildman–Crippen MR) is 68.2 cm³/mol. The highest BCUT2D eigenvalue weighted by Gasteiger charge is 2.31. The Hall–Kier alpha value is -0.310. The van der Waals surface area contributed by atoms with Gasteiger partial charge in [0.2, 0.25) is 0 Å². The Kier molecular flexibility index (Phi) is 4.82. The van der Waals surface area contributed by atoms with Gasteiger partial charge in [0.25, 0.3) is 0 Å². The number of carbonyl (C=O) groups is 1. The summed E-state index contributed by atoms with van der Waals surface area (Å²) in [5.74, 6) is -0.523. The summed E-state index contributed by atoms with van der Waals surface area (Å²) in [6.45, 7) is 1.35. The van der Waals surface area contributed by atoms with Crippen molar-refractivity contribution in [3.63, 3.8) is 0 Å². The van der Waals surface area contributed by atoms with Crippen LogP contribution < -0.4 is 4.74 Å². The third-order valence-corrected chi connectivity index (χ3v) is 3.95. The molecule has 17 heavy (non-hydrogen) atoms. The average molecular weight is 423 g/mol. The molecule has 1 aromatic carbocycles. The first kappa shape index (κ1) is 14.7. The van der Waals surface area contributed by atoms with Gasteiger partial charge in [0.15, 0.2) is 0 Å². The molecular formula is C10H7BrF3IO2. The number of alkyl halides is 4. The van der Waals surface area contributed by atoms with E-state index in [1.165, 1.54) is 25.1 Å². The average Bonchev–Trinajstić information content (AvgIpc) is 2.17. The fourth-order valence-electron chi connectivity index (χ4n) is 1.13. The van der Waals surface area contributed by atoms with Crippen LogP contribution in [-0.2, 0) is 4.79 Å². The standard InChI is InChI=1S/C10H7BrF3IO2/c1-5(16)9(11)7-4-6(2-3-8(7)15)17-10(12,13)14/h2-4,9H,1H3. The van der Waals surface area contributed by atoms with Crippen molar-refractivity contribution in [3.8, 4) is 5.75 Å². The lowest BCUT2D eigenvalue weighted by atomic mass is 10.1. The molecule has 0 spiro atoms. The SMILES string of the molecule is CC(=O)C(Br)c1cc(OC(F)(F)F)ccc1I. The number of carbonyl (C=O) groups excluding carboxylic acids is 1. The van der Waals surface area contributed by atoms with Gasteiger partial charge in [-0.1, -0.05) is 15.9 Å². The van der Waals surface area contributed by atoms with Gasteiger partial charge in [-0.3, -0.25) is 4.79 Å². The lowest BCUT2D eigenvalue weighted by Gasteiger charge is -2.13. The van der Waals surface area contributed by atoms with Crippen molar-refractivity contribution in [1.29, 1.82) is 0 Å². The zero-order chi connectivity index (χ0) is 13.2. The molecule has 2 nitrogen and oxygen atoms in total. The van der Waals surface area contributed by atoms with Gasteiger partial charge < -0.3 is 4.74 Å². The molecule has 0 N–H and O–H groups in total. The molecule has 0 fully saturated rings. The number of Topliss-reactive ketones (excluding diaryl/α,β-unsaturated/α-hetero) is 1. The molecule has 1 aromatic rings. The Bertz CT molecular complexity index is 434. The van der Waals surface area contributed by atoms with Crippen LogP contribution in [0, 0.1) is 3.57 Å². The highest BCUT2D eigenvalue weighted by atomic mass is 127. The second-order valence-electron chi connectivity index (χ2n) is 3.20. The van der Waals surface area contributed by atoms with Crippen LogP contribution in [0.4, 0.5) is 13.2 Å². The minimum atomic E-state index is -4.73. The Morgan fingerprint density at radius 2 is 2.06 bits per heavy atom. The Morgan fingerprint density at radius 3 is 2.53 bits per heavy atom. The molecule has 7 heteroatoms. The number of rotatable bonds is 3. The van der Waals surface area contributed by atoms with Crippen molar-refractivity contribution in [3.05, 3.63) is 27.3 Å². The molecule has 94 valence electrons. The second kappa shape index (κ2) is 5.55. The molecule has 0 aliphatic heterocycles. The van der Waals surface area contributed by atoms with E-state index < -0.39 is 11.2 Å².